The summed E-state index contributed by atoms with van der Waals surface area (Å²) in [5.74, 6) is 1.01. The Hall–Kier alpha value is -1.18. The summed E-state index contributed by atoms with van der Waals surface area (Å²) in [6.07, 6.45) is 3.87. The lowest BCUT2D eigenvalue weighted by molar-refractivity contribution is 0.738. The highest BCUT2D eigenvalue weighted by molar-refractivity contribution is 6.42. The average Bonchev–Trinajstić information content (AvgIpc) is 2.59. The van der Waals surface area contributed by atoms with Crippen LogP contribution in [0.1, 0.15) is 27.7 Å². The Morgan fingerprint density at radius 3 is 2.36 bits per heavy atom. The van der Waals surface area contributed by atoms with Gasteiger partial charge in [-0.05, 0) is 17.4 Å². The van der Waals surface area contributed by atoms with E-state index in [9.17, 15) is 0 Å². The van der Waals surface area contributed by atoms with E-state index in [2.05, 4.69) is 37.7 Å². The van der Waals surface area contributed by atoms with Gasteiger partial charge in [-0.2, -0.15) is 0 Å². The second-order valence-corrected chi connectivity index (χ2v) is 4.43. The second kappa shape index (κ2) is 3.19. The molecule has 0 spiro atoms. The van der Waals surface area contributed by atoms with Crippen LogP contribution in [-0.2, 0) is 0 Å². The molecule has 0 amide bonds. The van der Waals surface area contributed by atoms with Crippen LogP contribution < -0.4 is 0 Å². The van der Waals surface area contributed by atoms with E-state index in [1.807, 2.05) is 12.4 Å². The van der Waals surface area contributed by atoms with E-state index in [1.165, 1.54) is 16.8 Å². The van der Waals surface area contributed by atoms with E-state index in [0.717, 1.165) is 5.71 Å². The Kier molecular flexibility index (Phi) is 2.14. The van der Waals surface area contributed by atoms with Gasteiger partial charge in [0.25, 0.3) is 0 Å². The predicted molar refractivity (Wildman–Crippen MR) is 60.7 cm³/mol. The molecule has 0 fully saturated rings. The maximum absolute atomic E-state index is 4.44. The van der Waals surface area contributed by atoms with Gasteiger partial charge in [-0.3, -0.25) is 9.98 Å². The zero-order valence-electron chi connectivity index (χ0n) is 9.20. The van der Waals surface area contributed by atoms with E-state index in [0.29, 0.717) is 11.8 Å². The minimum Gasteiger partial charge on any atom is -0.258 e. The summed E-state index contributed by atoms with van der Waals surface area (Å²) in [4.78, 5) is 8.82. The molecule has 0 unspecified atom stereocenters. The summed E-state index contributed by atoms with van der Waals surface area (Å²) in [7, 11) is 0. The fourth-order valence-corrected chi connectivity index (χ4v) is 1.86. The van der Waals surface area contributed by atoms with E-state index in [1.54, 1.807) is 0 Å². The van der Waals surface area contributed by atoms with Gasteiger partial charge in [0.1, 0.15) is 0 Å². The van der Waals surface area contributed by atoms with E-state index < -0.39 is 0 Å². The maximum atomic E-state index is 4.44. The fraction of sp³-hybridized carbons (Fsp3) is 0.500. The van der Waals surface area contributed by atoms with E-state index in [4.69, 9.17) is 0 Å². The highest BCUT2D eigenvalue weighted by Gasteiger charge is 2.27. The molecule has 0 aromatic rings. The van der Waals surface area contributed by atoms with Crippen LogP contribution in [0, 0.1) is 11.8 Å². The van der Waals surface area contributed by atoms with Crippen molar-refractivity contribution in [2.24, 2.45) is 21.8 Å². The summed E-state index contributed by atoms with van der Waals surface area (Å²) in [6.45, 7) is 8.76. The van der Waals surface area contributed by atoms with Crippen molar-refractivity contribution in [2.75, 3.05) is 0 Å². The quantitative estimate of drug-likeness (QED) is 0.636. The molecule has 0 saturated heterocycles. The van der Waals surface area contributed by atoms with Crippen LogP contribution in [-0.4, -0.2) is 11.9 Å². The van der Waals surface area contributed by atoms with Crippen LogP contribution in [0.25, 0.3) is 0 Å². The minimum absolute atomic E-state index is 0.481. The van der Waals surface area contributed by atoms with Gasteiger partial charge in [-0.1, -0.05) is 27.7 Å². The van der Waals surface area contributed by atoms with Crippen LogP contribution >= 0.6 is 0 Å². The lowest BCUT2D eigenvalue weighted by Gasteiger charge is -2.12. The van der Waals surface area contributed by atoms with E-state index in [-0.39, 0.29) is 0 Å². The van der Waals surface area contributed by atoms with Crippen LogP contribution in [0.5, 0.6) is 0 Å². The molecule has 0 aromatic carbocycles. The van der Waals surface area contributed by atoms with Crippen LogP contribution in [0.4, 0.5) is 0 Å². The molecule has 2 aliphatic heterocycles. The SMILES string of the molecule is CC(C)C1=CN=C2C=NC(C(C)C)=C12. The minimum atomic E-state index is 0.481. The lowest BCUT2D eigenvalue weighted by Crippen LogP contribution is -2.05. The maximum Gasteiger partial charge on any atom is 0.0906 e. The molecule has 2 nitrogen and oxygen atoms in total. The van der Waals surface area contributed by atoms with Gasteiger partial charge in [0.05, 0.1) is 17.6 Å². The number of aliphatic imine (C=N–C) groups is 2. The van der Waals surface area contributed by atoms with Gasteiger partial charge in [-0.15, -0.1) is 0 Å². The molecule has 2 aliphatic rings. The Labute approximate surface area is 85.2 Å². The van der Waals surface area contributed by atoms with E-state index >= 15 is 0 Å². The summed E-state index contributed by atoms with van der Waals surface area (Å²) in [5, 5.41) is 0. The molecule has 2 heterocycles. The molecule has 0 saturated carbocycles. The molecule has 0 N–H and O–H groups in total. The first-order valence-electron chi connectivity index (χ1n) is 5.18. The summed E-state index contributed by atoms with van der Waals surface area (Å²) in [6, 6.07) is 0. The molecule has 0 bridgehead atoms. The fourth-order valence-electron chi connectivity index (χ4n) is 1.86. The molecule has 2 heteroatoms. The molecule has 2 rings (SSSR count). The van der Waals surface area contributed by atoms with Gasteiger partial charge in [0, 0.05) is 11.8 Å². The summed E-state index contributed by atoms with van der Waals surface area (Å²) < 4.78 is 0. The monoisotopic (exact) mass is 188 g/mol. The van der Waals surface area contributed by atoms with Crippen molar-refractivity contribution in [2.45, 2.75) is 27.7 Å². The van der Waals surface area contributed by atoms with Crippen LogP contribution in [0.2, 0.25) is 0 Å². The standard InChI is InChI=1S/C12H16N2/c1-7(2)9-5-13-10-6-14-12(8(3)4)11(9)10/h5-8H,1-4H3. The molecular weight excluding hydrogens is 172 g/mol. The molecule has 0 aromatic heterocycles. The Balaban J connectivity index is 2.44. The van der Waals surface area contributed by atoms with Crippen molar-refractivity contribution in [3.8, 4) is 0 Å². The predicted octanol–water partition coefficient (Wildman–Crippen LogP) is 2.98. The highest BCUT2D eigenvalue weighted by atomic mass is 14.9. The molecule has 0 atom stereocenters. The zero-order valence-corrected chi connectivity index (χ0v) is 9.20. The topological polar surface area (TPSA) is 24.7 Å². The number of hydrogen-bond acceptors (Lipinski definition) is 2. The summed E-state index contributed by atoms with van der Waals surface area (Å²) in [5.41, 5.74) is 4.87. The number of fused-ring (bicyclic) bond motifs is 1. The van der Waals surface area contributed by atoms with Crippen molar-refractivity contribution in [1.82, 2.24) is 0 Å². The number of rotatable bonds is 2. The van der Waals surface area contributed by atoms with Crippen LogP contribution in [0.3, 0.4) is 0 Å². The first-order valence-corrected chi connectivity index (χ1v) is 5.18. The third kappa shape index (κ3) is 1.26. The van der Waals surface area contributed by atoms with Gasteiger partial charge >= 0.3 is 0 Å². The zero-order chi connectivity index (χ0) is 10.3. The first kappa shape index (κ1) is 9.38. The van der Waals surface area contributed by atoms with Crippen molar-refractivity contribution in [3.05, 3.63) is 23.0 Å². The highest BCUT2D eigenvalue weighted by Crippen LogP contribution is 2.34. The number of hydrogen-bond donors (Lipinski definition) is 0. The third-order valence-corrected chi connectivity index (χ3v) is 2.64. The van der Waals surface area contributed by atoms with Crippen LogP contribution in [0.15, 0.2) is 33.0 Å². The number of nitrogens with zero attached hydrogens (tertiary/aromatic N) is 2. The largest absolute Gasteiger partial charge is 0.258 e. The Morgan fingerprint density at radius 1 is 1.07 bits per heavy atom. The molecule has 74 valence electrons. The lowest BCUT2D eigenvalue weighted by atomic mass is 9.92. The average molecular weight is 188 g/mol. The normalized spacial score (nSPS) is 19.6. The second-order valence-electron chi connectivity index (χ2n) is 4.43. The van der Waals surface area contributed by atoms with Crippen molar-refractivity contribution < 1.29 is 0 Å². The van der Waals surface area contributed by atoms with Crippen molar-refractivity contribution >= 4 is 11.9 Å². The summed E-state index contributed by atoms with van der Waals surface area (Å²) >= 11 is 0. The molecule has 0 radical (unpaired) electrons. The smallest absolute Gasteiger partial charge is 0.0906 e. The van der Waals surface area contributed by atoms with Gasteiger partial charge in [0.15, 0.2) is 0 Å². The van der Waals surface area contributed by atoms with Gasteiger partial charge in [-0.25, -0.2) is 0 Å². The molecule has 14 heavy (non-hydrogen) atoms. The van der Waals surface area contributed by atoms with Gasteiger partial charge in [0.2, 0.25) is 0 Å². The Bertz CT molecular complexity index is 379. The van der Waals surface area contributed by atoms with Crippen molar-refractivity contribution in [1.29, 1.82) is 0 Å². The van der Waals surface area contributed by atoms with Gasteiger partial charge < -0.3 is 0 Å². The third-order valence-electron chi connectivity index (χ3n) is 2.64. The number of allylic oxidation sites excluding steroid dienone is 3. The molecule has 0 aliphatic carbocycles. The molecular formula is C12H16N2. The Morgan fingerprint density at radius 2 is 1.79 bits per heavy atom. The first-order chi connectivity index (χ1) is 6.61. The van der Waals surface area contributed by atoms with Crippen molar-refractivity contribution in [3.63, 3.8) is 0 Å².